The maximum Gasteiger partial charge on any atom is 0.0595 e. The smallest absolute Gasteiger partial charge is 0.0595 e. The van der Waals surface area contributed by atoms with Gasteiger partial charge in [0.25, 0.3) is 0 Å². The minimum Gasteiger partial charge on any atom is -0.303 e. The van der Waals surface area contributed by atoms with Gasteiger partial charge in [-0.25, -0.2) is 0 Å². The van der Waals surface area contributed by atoms with Crippen LogP contribution >= 0.6 is 23.2 Å². The molecule has 0 N–H and O–H groups in total. The molecule has 1 nitrogen and oxygen atoms in total. The van der Waals surface area contributed by atoms with Crippen molar-refractivity contribution in [3.63, 3.8) is 0 Å². The summed E-state index contributed by atoms with van der Waals surface area (Å²) in [6.45, 7) is 3.62. The van der Waals surface area contributed by atoms with Crippen molar-refractivity contribution in [2.45, 2.75) is 50.4 Å². The first kappa shape index (κ1) is 18.3. The van der Waals surface area contributed by atoms with Crippen molar-refractivity contribution in [2.75, 3.05) is 19.6 Å². The molecule has 1 saturated heterocycles. The van der Waals surface area contributed by atoms with Crippen LogP contribution in [0.1, 0.15) is 60.6 Å². The van der Waals surface area contributed by atoms with Gasteiger partial charge in [-0.15, -0.1) is 0 Å². The van der Waals surface area contributed by atoms with E-state index in [0.29, 0.717) is 16.0 Å². The van der Waals surface area contributed by atoms with E-state index in [0.717, 1.165) is 5.92 Å². The highest BCUT2D eigenvalue weighted by atomic mass is 35.5. The van der Waals surface area contributed by atoms with Crippen LogP contribution in [0.2, 0.25) is 10.0 Å². The quantitative estimate of drug-likeness (QED) is 0.564. The van der Waals surface area contributed by atoms with Gasteiger partial charge in [-0.2, -0.15) is 0 Å². The summed E-state index contributed by atoms with van der Waals surface area (Å²) in [4.78, 5) is 2.66. The lowest BCUT2D eigenvalue weighted by atomic mass is 9.81. The zero-order valence-electron chi connectivity index (χ0n) is 15.3. The number of halogens is 2. The molecule has 138 valence electrons. The summed E-state index contributed by atoms with van der Waals surface area (Å²) in [6.07, 6.45) is 7.71. The van der Waals surface area contributed by atoms with Crippen LogP contribution in [0, 0.1) is 0 Å². The zero-order valence-corrected chi connectivity index (χ0v) is 16.8. The molecule has 0 aromatic heterocycles. The fourth-order valence-corrected chi connectivity index (χ4v) is 5.06. The predicted molar refractivity (Wildman–Crippen MR) is 112 cm³/mol. The average Bonchev–Trinajstić information content (AvgIpc) is 2.69. The molecular weight excluding hydrogens is 361 g/mol. The topological polar surface area (TPSA) is 3.24 Å². The Bertz CT molecular complexity index is 750. The minimum atomic E-state index is 0.622. The average molecular weight is 388 g/mol. The monoisotopic (exact) mass is 387 g/mol. The Labute approximate surface area is 167 Å². The van der Waals surface area contributed by atoms with E-state index in [1.54, 1.807) is 11.1 Å². The summed E-state index contributed by atoms with van der Waals surface area (Å²) < 4.78 is 0. The normalized spacial score (nSPS) is 21.5. The number of aryl methyl sites for hydroxylation is 1. The zero-order chi connectivity index (χ0) is 17.9. The van der Waals surface area contributed by atoms with Crippen LogP contribution in [0.25, 0.3) is 0 Å². The summed E-state index contributed by atoms with van der Waals surface area (Å²) in [5.41, 5.74) is 4.55. The Kier molecular flexibility index (Phi) is 5.88. The highest BCUT2D eigenvalue weighted by Gasteiger charge is 2.24. The summed E-state index contributed by atoms with van der Waals surface area (Å²) in [5.74, 6) is 1.38. The second kappa shape index (κ2) is 8.33. The Morgan fingerprint density at radius 1 is 0.923 bits per heavy atom. The fraction of sp³-hybridized carbons (Fsp3) is 0.478. The number of benzene rings is 2. The van der Waals surface area contributed by atoms with Crippen molar-refractivity contribution in [3.8, 4) is 0 Å². The van der Waals surface area contributed by atoms with E-state index in [1.165, 1.54) is 63.7 Å². The number of likely N-dealkylation sites (tertiary alicyclic amines) is 1. The molecule has 0 radical (unpaired) electrons. The van der Waals surface area contributed by atoms with Crippen LogP contribution in [0.15, 0.2) is 42.5 Å². The standard InChI is InChI=1S/C23H27Cl2N/c24-22-9-8-20(16-23(22)25)17-10-13-26(14-11-17)15-12-19-6-3-5-18-4-1-2-7-21(18)19/h1-2,4,7-9,16-17,19H,3,5-6,10-15H2. The largest absolute Gasteiger partial charge is 0.303 e. The molecule has 2 aromatic carbocycles. The molecule has 1 aliphatic carbocycles. The molecule has 1 atom stereocenters. The molecule has 1 heterocycles. The SMILES string of the molecule is Clc1ccc(C2CCN(CCC3CCCc4ccccc43)CC2)cc1Cl. The van der Waals surface area contributed by atoms with Crippen molar-refractivity contribution >= 4 is 23.2 Å². The van der Waals surface area contributed by atoms with Gasteiger partial charge < -0.3 is 4.90 Å². The maximum atomic E-state index is 6.20. The second-order valence-corrected chi connectivity index (χ2v) is 8.68. The van der Waals surface area contributed by atoms with E-state index in [9.17, 15) is 0 Å². The van der Waals surface area contributed by atoms with Gasteiger partial charge in [-0.1, -0.05) is 53.5 Å². The van der Waals surface area contributed by atoms with E-state index >= 15 is 0 Å². The minimum absolute atomic E-state index is 0.622. The van der Waals surface area contributed by atoms with Crippen LogP contribution in [0.4, 0.5) is 0 Å². The third-order valence-electron chi connectivity index (χ3n) is 6.29. The predicted octanol–water partition coefficient (Wildman–Crippen LogP) is 6.68. The Hall–Kier alpha value is -1.02. The van der Waals surface area contributed by atoms with Gasteiger partial charge in [0.15, 0.2) is 0 Å². The molecule has 0 spiro atoms. The number of rotatable bonds is 4. The number of fused-ring (bicyclic) bond motifs is 1. The molecule has 1 fully saturated rings. The first-order chi connectivity index (χ1) is 12.7. The van der Waals surface area contributed by atoms with E-state index in [4.69, 9.17) is 23.2 Å². The van der Waals surface area contributed by atoms with Gasteiger partial charge in [0.1, 0.15) is 0 Å². The molecule has 3 heteroatoms. The molecule has 2 aromatic rings. The lowest BCUT2D eigenvalue weighted by molar-refractivity contribution is 0.203. The molecular formula is C23H27Cl2N. The van der Waals surface area contributed by atoms with Crippen molar-refractivity contribution in [3.05, 3.63) is 69.2 Å². The number of hydrogen-bond acceptors (Lipinski definition) is 1. The Morgan fingerprint density at radius 2 is 1.73 bits per heavy atom. The molecule has 0 saturated carbocycles. The molecule has 1 aliphatic heterocycles. The number of piperidine rings is 1. The lowest BCUT2D eigenvalue weighted by Gasteiger charge is -2.34. The van der Waals surface area contributed by atoms with E-state index in [1.807, 2.05) is 6.07 Å². The summed E-state index contributed by atoms with van der Waals surface area (Å²) in [7, 11) is 0. The molecule has 2 aliphatic rings. The first-order valence-electron chi connectivity index (χ1n) is 9.96. The van der Waals surface area contributed by atoms with Crippen LogP contribution in [0.3, 0.4) is 0 Å². The maximum absolute atomic E-state index is 6.20. The lowest BCUT2D eigenvalue weighted by Crippen LogP contribution is -2.34. The Balaban J connectivity index is 1.30. The summed E-state index contributed by atoms with van der Waals surface area (Å²) >= 11 is 12.2. The van der Waals surface area contributed by atoms with Gasteiger partial charge in [-0.05, 0) is 98.8 Å². The van der Waals surface area contributed by atoms with Gasteiger partial charge >= 0.3 is 0 Å². The van der Waals surface area contributed by atoms with Crippen molar-refractivity contribution in [1.29, 1.82) is 0 Å². The Morgan fingerprint density at radius 3 is 2.54 bits per heavy atom. The third-order valence-corrected chi connectivity index (χ3v) is 7.03. The van der Waals surface area contributed by atoms with Gasteiger partial charge in [-0.3, -0.25) is 0 Å². The van der Waals surface area contributed by atoms with Crippen LogP contribution < -0.4 is 0 Å². The highest BCUT2D eigenvalue weighted by Crippen LogP contribution is 2.35. The van der Waals surface area contributed by atoms with Crippen molar-refractivity contribution in [2.24, 2.45) is 0 Å². The van der Waals surface area contributed by atoms with Crippen LogP contribution in [-0.2, 0) is 6.42 Å². The number of nitrogens with zero attached hydrogens (tertiary/aromatic N) is 1. The molecule has 0 amide bonds. The second-order valence-electron chi connectivity index (χ2n) is 7.87. The first-order valence-corrected chi connectivity index (χ1v) is 10.7. The fourth-order valence-electron chi connectivity index (χ4n) is 4.75. The molecule has 1 unspecified atom stereocenters. The highest BCUT2D eigenvalue weighted by molar-refractivity contribution is 6.42. The van der Waals surface area contributed by atoms with E-state index in [-0.39, 0.29) is 0 Å². The summed E-state index contributed by atoms with van der Waals surface area (Å²) in [5, 5.41) is 1.34. The van der Waals surface area contributed by atoms with Gasteiger partial charge in [0, 0.05) is 0 Å². The van der Waals surface area contributed by atoms with Crippen LogP contribution in [-0.4, -0.2) is 24.5 Å². The van der Waals surface area contributed by atoms with Gasteiger partial charge in [0.05, 0.1) is 10.0 Å². The summed E-state index contributed by atoms with van der Waals surface area (Å²) in [6, 6.07) is 15.2. The van der Waals surface area contributed by atoms with E-state index < -0.39 is 0 Å². The number of hydrogen-bond donors (Lipinski definition) is 0. The van der Waals surface area contributed by atoms with Crippen LogP contribution in [0.5, 0.6) is 0 Å². The third kappa shape index (κ3) is 4.11. The molecule has 26 heavy (non-hydrogen) atoms. The molecule has 0 bridgehead atoms. The van der Waals surface area contributed by atoms with E-state index in [2.05, 4.69) is 41.3 Å². The van der Waals surface area contributed by atoms with Crippen molar-refractivity contribution in [1.82, 2.24) is 4.90 Å². The van der Waals surface area contributed by atoms with Gasteiger partial charge in [0.2, 0.25) is 0 Å². The molecule has 4 rings (SSSR count). The van der Waals surface area contributed by atoms with Crippen molar-refractivity contribution < 1.29 is 0 Å².